The number of hydrogen-bond acceptors (Lipinski definition) is 6. The van der Waals surface area contributed by atoms with Crippen molar-refractivity contribution in [3.8, 4) is 27.5 Å². The Kier molecular flexibility index (Phi) is 7.25. The molecule has 0 spiro atoms. The van der Waals surface area contributed by atoms with Crippen molar-refractivity contribution in [3.05, 3.63) is 106 Å². The van der Waals surface area contributed by atoms with E-state index in [1.807, 2.05) is 37.3 Å². The number of carbonyl (C=O) groups is 1. The first kappa shape index (κ1) is 28.0. The van der Waals surface area contributed by atoms with Crippen LogP contribution in [0.2, 0.25) is 0 Å². The highest BCUT2D eigenvalue weighted by molar-refractivity contribution is 7.89. The van der Waals surface area contributed by atoms with Gasteiger partial charge in [-0.1, -0.05) is 54.1 Å². The van der Waals surface area contributed by atoms with Gasteiger partial charge in [-0.25, -0.2) is 32.4 Å². The number of aromatic nitrogens is 3. The highest BCUT2D eigenvalue weighted by Crippen LogP contribution is 2.39. The van der Waals surface area contributed by atoms with E-state index in [-0.39, 0.29) is 12.1 Å². The van der Waals surface area contributed by atoms with Crippen LogP contribution in [0, 0.1) is 18.7 Å². The second kappa shape index (κ2) is 10.9. The lowest BCUT2D eigenvalue weighted by Crippen LogP contribution is -2.14. The Morgan fingerprint density at radius 2 is 1.81 bits per heavy atom. The Morgan fingerprint density at radius 1 is 1.07 bits per heavy atom. The van der Waals surface area contributed by atoms with E-state index in [1.165, 1.54) is 28.8 Å². The number of aromatic carboxylic acids is 1. The average Bonchev–Trinajstić information content (AvgIpc) is 3.49. The molecule has 214 valence electrons. The van der Waals surface area contributed by atoms with Gasteiger partial charge in [0.1, 0.15) is 10.7 Å². The van der Waals surface area contributed by atoms with Crippen LogP contribution in [0.25, 0.3) is 27.5 Å². The van der Waals surface area contributed by atoms with Gasteiger partial charge in [-0.15, -0.1) is 11.3 Å². The summed E-state index contributed by atoms with van der Waals surface area (Å²) in [7, 11) is -4.21. The molecule has 0 amide bonds. The normalized spacial score (nSPS) is 13.4. The molecule has 2 aromatic heterocycles. The molecule has 8 nitrogen and oxygen atoms in total. The van der Waals surface area contributed by atoms with Crippen LogP contribution in [-0.4, -0.2) is 34.3 Å². The second-order valence-electron chi connectivity index (χ2n) is 10.6. The van der Waals surface area contributed by atoms with E-state index in [1.54, 1.807) is 10.7 Å². The predicted octanol–water partition coefficient (Wildman–Crippen LogP) is 6.00. The number of primary sulfonamides is 1. The molecule has 1 fully saturated rings. The molecule has 0 radical (unpaired) electrons. The molecule has 5 aromatic rings. The molecule has 11 heteroatoms. The van der Waals surface area contributed by atoms with Crippen molar-refractivity contribution in [1.29, 1.82) is 0 Å². The first-order valence-corrected chi connectivity index (χ1v) is 15.8. The minimum absolute atomic E-state index is 0.0733. The quantitative estimate of drug-likeness (QED) is 0.213. The lowest BCUT2D eigenvalue weighted by Gasteiger charge is -2.12. The van der Waals surface area contributed by atoms with Crippen molar-refractivity contribution in [3.63, 3.8) is 0 Å². The molecule has 2 heterocycles. The number of sulfonamides is 1. The van der Waals surface area contributed by atoms with Crippen LogP contribution in [0.15, 0.2) is 77.0 Å². The third-order valence-electron chi connectivity index (χ3n) is 7.34. The zero-order valence-corrected chi connectivity index (χ0v) is 24.3. The Morgan fingerprint density at radius 3 is 2.45 bits per heavy atom. The molecule has 0 atom stereocenters. The Balaban J connectivity index is 1.54. The topological polar surface area (TPSA) is 128 Å². The summed E-state index contributed by atoms with van der Waals surface area (Å²) in [6.45, 7) is 2.03. The maximum absolute atomic E-state index is 14.9. The van der Waals surface area contributed by atoms with E-state index in [9.17, 15) is 22.7 Å². The van der Waals surface area contributed by atoms with E-state index in [0.717, 1.165) is 52.0 Å². The van der Waals surface area contributed by atoms with Gasteiger partial charge >= 0.3 is 5.97 Å². The van der Waals surface area contributed by atoms with Crippen molar-refractivity contribution < 1.29 is 22.7 Å². The number of carboxylic acids is 1. The number of halogens is 1. The number of aryl methyl sites for hydroxylation is 1. The number of thiazole rings is 1. The Hall–Kier alpha value is -4.19. The van der Waals surface area contributed by atoms with Crippen LogP contribution < -0.4 is 5.14 Å². The fourth-order valence-corrected chi connectivity index (χ4v) is 6.36. The van der Waals surface area contributed by atoms with Gasteiger partial charge in [0.15, 0.2) is 5.69 Å². The van der Waals surface area contributed by atoms with Crippen LogP contribution in [0.4, 0.5) is 4.39 Å². The van der Waals surface area contributed by atoms with Gasteiger partial charge < -0.3 is 5.11 Å². The number of benzene rings is 3. The first-order chi connectivity index (χ1) is 20.1. The molecule has 0 unspecified atom stereocenters. The van der Waals surface area contributed by atoms with Crippen molar-refractivity contribution in [2.75, 3.05) is 0 Å². The van der Waals surface area contributed by atoms with Gasteiger partial charge in [0.2, 0.25) is 15.2 Å². The van der Waals surface area contributed by atoms with Crippen molar-refractivity contribution >= 4 is 27.3 Å². The molecule has 0 aliphatic heterocycles. The number of nitrogens with two attached hydrogens (primary N) is 1. The van der Waals surface area contributed by atoms with Gasteiger partial charge in [0.05, 0.1) is 11.4 Å². The SMILES string of the molecule is Cc1ccc(-c2cccc(-c3c(Cc4ccc(S(N)(=O)=O)c(F)c4)c(CC4CC4)nn3-c3nc(C(=O)O)cs3)c2)cc1. The number of carboxylic acid groups (broad SMARTS) is 1. The van der Waals surface area contributed by atoms with Crippen molar-refractivity contribution in [2.45, 2.75) is 37.5 Å². The van der Waals surface area contributed by atoms with Gasteiger partial charge in [0, 0.05) is 22.9 Å². The minimum atomic E-state index is -4.21. The van der Waals surface area contributed by atoms with Crippen molar-refractivity contribution in [2.24, 2.45) is 11.1 Å². The molecular formula is C31H27FN4O4S2. The van der Waals surface area contributed by atoms with Crippen LogP contribution in [0.1, 0.15) is 45.7 Å². The molecule has 1 saturated carbocycles. The first-order valence-electron chi connectivity index (χ1n) is 13.4. The Bertz CT molecular complexity index is 1930. The molecule has 6 rings (SSSR count). The van der Waals surface area contributed by atoms with E-state index in [4.69, 9.17) is 10.2 Å². The molecule has 0 saturated heterocycles. The predicted molar refractivity (Wildman–Crippen MR) is 159 cm³/mol. The molecule has 42 heavy (non-hydrogen) atoms. The standard InChI is InChI=1S/C31H27FN4O4S2/c1-18-5-10-21(11-6-18)22-3-2-4-23(16-22)29-24(13-20-9-12-28(25(32)14-20)42(33,39)40)26(15-19-7-8-19)35-36(29)31-34-27(17-41-31)30(37)38/h2-6,9-12,14,16-17,19H,7-8,13,15H2,1H3,(H,37,38)(H2,33,39,40). The van der Waals surface area contributed by atoms with Crippen LogP contribution in [0.3, 0.4) is 0 Å². The van der Waals surface area contributed by atoms with Crippen LogP contribution in [-0.2, 0) is 22.9 Å². The average molecular weight is 603 g/mol. The van der Waals surface area contributed by atoms with Gasteiger partial charge in [-0.05, 0) is 67.0 Å². The zero-order chi connectivity index (χ0) is 29.6. The number of hydrogen-bond donors (Lipinski definition) is 2. The van der Waals surface area contributed by atoms with Crippen LogP contribution >= 0.6 is 11.3 Å². The molecule has 3 N–H and O–H groups in total. The highest BCUT2D eigenvalue weighted by atomic mass is 32.2. The lowest BCUT2D eigenvalue weighted by molar-refractivity contribution is 0.0691. The minimum Gasteiger partial charge on any atom is -0.476 e. The second-order valence-corrected chi connectivity index (χ2v) is 13.0. The highest BCUT2D eigenvalue weighted by Gasteiger charge is 2.29. The summed E-state index contributed by atoms with van der Waals surface area (Å²) in [5.74, 6) is -1.57. The smallest absolute Gasteiger partial charge is 0.355 e. The van der Waals surface area contributed by atoms with E-state index >= 15 is 0 Å². The number of rotatable bonds is 9. The van der Waals surface area contributed by atoms with Gasteiger partial charge in [-0.3, -0.25) is 0 Å². The summed E-state index contributed by atoms with van der Waals surface area (Å²) < 4.78 is 40.2. The summed E-state index contributed by atoms with van der Waals surface area (Å²) in [4.78, 5) is 15.4. The van der Waals surface area contributed by atoms with Crippen LogP contribution in [0.5, 0.6) is 0 Å². The molecule has 1 aliphatic rings. The maximum Gasteiger partial charge on any atom is 0.355 e. The summed E-state index contributed by atoms with van der Waals surface area (Å²) in [5, 5.41) is 21.6. The van der Waals surface area contributed by atoms with Gasteiger partial charge in [0.25, 0.3) is 0 Å². The summed E-state index contributed by atoms with van der Waals surface area (Å²) in [5.41, 5.74) is 6.88. The fraction of sp³-hybridized carbons (Fsp3) is 0.194. The summed E-state index contributed by atoms with van der Waals surface area (Å²) >= 11 is 1.18. The summed E-state index contributed by atoms with van der Waals surface area (Å²) in [6, 6.07) is 20.1. The fourth-order valence-electron chi connectivity index (χ4n) is 5.02. The third kappa shape index (κ3) is 5.76. The largest absolute Gasteiger partial charge is 0.476 e. The molecular weight excluding hydrogens is 575 g/mol. The lowest BCUT2D eigenvalue weighted by atomic mass is 9.95. The van der Waals surface area contributed by atoms with E-state index in [0.29, 0.717) is 23.0 Å². The maximum atomic E-state index is 14.9. The molecule has 3 aromatic carbocycles. The van der Waals surface area contributed by atoms with E-state index in [2.05, 4.69) is 23.2 Å². The molecule has 0 bridgehead atoms. The monoisotopic (exact) mass is 602 g/mol. The number of nitrogens with zero attached hydrogens (tertiary/aromatic N) is 3. The van der Waals surface area contributed by atoms with Crippen molar-refractivity contribution in [1.82, 2.24) is 14.8 Å². The van der Waals surface area contributed by atoms with Gasteiger partial charge in [-0.2, -0.15) is 5.10 Å². The van der Waals surface area contributed by atoms with E-state index < -0.39 is 26.7 Å². The zero-order valence-electron chi connectivity index (χ0n) is 22.6. The molecule has 1 aliphatic carbocycles. The Labute approximate surface area is 246 Å². The summed E-state index contributed by atoms with van der Waals surface area (Å²) in [6.07, 6.45) is 3.15. The third-order valence-corrected chi connectivity index (χ3v) is 9.10.